The zero-order chi connectivity index (χ0) is 24.7. The van der Waals surface area contributed by atoms with Crippen LogP contribution in [0.2, 0.25) is 0 Å². The summed E-state index contributed by atoms with van der Waals surface area (Å²) in [5, 5.41) is 2.89. The summed E-state index contributed by atoms with van der Waals surface area (Å²) in [6.45, 7) is 8.31. The molecule has 5 nitrogen and oxygen atoms in total. The number of carbonyl (C=O) groups excluding carboxylic acids is 1. The number of fused-ring (bicyclic) bond motifs is 3. The zero-order valence-electron chi connectivity index (χ0n) is 20.8. The van der Waals surface area contributed by atoms with Crippen molar-refractivity contribution in [2.24, 2.45) is 5.92 Å². The van der Waals surface area contributed by atoms with Gasteiger partial charge in [0.15, 0.2) is 0 Å². The molecule has 0 spiro atoms. The Balaban J connectivity index is 1.61. The van der Waals surface area contributed by atoms with E-state index in [-0.39, 0.29) is 16.9 Å². The number of amides is 1. The molecule has 0 saturated heterocycles. The van der Waals surface area contributed by atoms with E-state index < -0.39 is 0 Å². The molecule has 1 fully saturated rings. The Morgan fingerprint density at radius 2 is 1.86 bits per heavy atom. The molecule has 5 rings (SSSR count). The molecule has 0 N–H and O–H groups in total. The fraction of sp³-hybridized carbons (Fsp3) is 0.379. The largest absolute Gasteiger partial charge is 0.383 e. The Morgan fingerprint density at radius 3 is 2.51 bits per heavy atom. The Labute approximate surface area is 210 Å². The number of carbonyl (C=O) groups is 1. The summed E-state index contributed by atoms with van der Waals surface area (Å²) < 4.78 is 7.89. The maximum absolute atomic E-state index is 13.7. The first-order chi connectivity index (χ1) is 16.8. The molecule has 0 radical (unpaired) electrons. The third-order valence-corrected chi connectivity index (χ3v) is 7.82. The monoisotopic (exact) mass is 488 g/mol. The number of aromatic nitrogens is 1. The van der Waals surface area contributed by atoms with Crippen LogP contribution >= 0.6 is 11.3 Å². The van der Waals surface area contributed by atoms with Gasteiger partial charge in [0.05, 0.1) is 22.4 Å². The molecule has 4 aromatic rings. The topological polar surface area (TPSA) is 51.0 Å². The van der Waals surface area contributed by atoms with Crippen molar-refractivity contribution < 1.29 is 9.53 Å². The average molecular weight is 489 g/mol. The van der Waals surface area contributed by atoms with Crippen LogP contribution in [-0.4, -0.2) is 42.0 Å². The van der Waals surface area contributed by atoms with Crippen molar-refractivity contribution in [2.75, 3.05) is 26.8 Å². The van der Waals surface area contributed by atoms with E-state index in [1.807, 2.05) is 40.6 Å². The first-order valence-electron chi connectivity index (χ1n) is 12.2. The number of methoxy groups -OCH3 is 1. The summed E-state index contributed by atoms with van der Waals surface area (Å²) in [5.41, 5.74) is 4.08. The number of hydrogen-bond acceptors (Lipinski definition) is 4. The van der Waals surface area contributed by atoms with E-state index in [4.69, 9.17) is 4.74 Å². The van der Waals surface area contributed by atoms with Crippen molar-refractivity contribution in [2.45, 2.75) is 39.0 Å². The third-order valence-electron chi connectivity index (χ3n) is 6.88. The van der Waals surface area contributed by atoms with Crippen LogP contribution in [0.1, 0.15) is 49.5 Å². The van der Waals surface area contributed by atoms with Gasteiger partial charge in [0.1, 0.15) is 0 Å². The zero-order valence-corrected chi connectivity index (χ0v) is 21.7. The highest BCUT2D eigenvalue weighted by Gasteiger charge is 2.28. The number of thiophene rings is 1. The second-order valence-electron chi connectivity index (χ2n) is 10.5. The summed E-state index contributed by atoms with van der Waals surface area (Å²) in [7, 11) is 1.65. The molecule has 1 amide bonds. The molecule has 1 aliphatic rings. The second-order valence-corrected chi connectivity index (χ2v) is 11.4. The molecule has 0 aliphatic heterocycles. The lowest BCUT2D eigenvalue weighted by molar-refractivity contribution is 0.0687. The van der Waals surface area contributed by atoms with Crippen molar-refractivity contribution in [1.29, 1.82) is 0 Å². The Bertz CT molecular complexity index is 1440. The average Bonchev–Trinajstić information content (AvgIpc) is 3.52. The normalized spacial score (nSPS) is 14.1. The predicted molar refractivity (Wildman–Crippen MR) is 144 cm³/mol. The summed E-state index contributed by atoms with van der Waals surface area (Å²) in [6.07, 6.45) is 4.08. The van der Waals surface area contributed by atoms with E-state index in [2.05, 4.69) is 32.9 Å². The highest BCUT2D eigenvalue weighted by atomic mass is 32.1. The summed E-state index contributed by atoms with van der Waals surface area (Å²) in [6, 6.07) is 14.1. The second kappa shape index (κ2) is 9.25. The van der Waals surface area contributed by atoms with Crippen LogP contribution in [-0.2, 0) is 10.2 Å². The van der Waals surface area contributed by atoms with Gasteiger partial charge in [-0.05, 0) is 58.9 Å². The van der Waals surface area contributed by atoms with Crippen LogP contribution in [0, 0.1) is 5.92 Å². The van der Waals surface area contributed by atoms with Crippen LogP contribution < -0.4 is 5.56 Å². The van der Waals surface area contributed by atoms with Crippen molar-refractivity contribution in [3.63, 3.8) is 0 Å². The molecule has 6 heteroatoms. The maximum Gasteiger partial charge on any atom is 0.263 e. The molecule has 3 aromatic heterocycles. The molecule has 1 aromatic carbocycles. The molecular formula is C29H32N2O3S. The quantitative estimate of drug-likeness (QED) is 0.322. The van der Waals surface area contributed by atoms with Gasteiger partial charge in [-0.1, -0.05) is 45.0 Å². The highest BCUT2D eigenvalue weighted by Crippen LogP contribution is 2.33. The SMILES string of the molecule is COCCN(CC1CC1)C(=O)c1cn2c(=O)c(-c3ccc(C(C)(C)C)cc3)ccc2c2sccc12. The molecule has 3 heterocycles. The molecule has 35 heavy (non-hydrogen) atoms. The van der Waals surface area contributed by atoms with Gasteiger partial charge in [-0.15, -0.1) is 11.3 Å². The van der Waals surface area contributed by atoms with Crippen LogP contribution in [0.4, 0.5) is 0 Å². The van der Waals surface area contributed by atoms with Gasteiger partial charge in [0, 0.05) is 37.3 Å². The summed E-state index contributed by atoms with van der Waals surface area (Å²) >= 11 is 1.56. The number of nitrogens with zero attached hydrogens (tertiary/aromatic N) is 2. The number of hydrogen-bond donors (Lipinski definition) is 0. The van der Waals surface area contributed by atoms with E-state index in [1.54, 1.807) is 29.0 Å². The van der Waals surface area contributed by atoms with Crippen LogP contribution in [0.25, 0.3) is 26.7 Å². The van der Waals surface area contributed by atoms with E-state index in [0.29, 0.717) is 30.2 Å². The van der Waals surface area contributed by atoms with E-state index >= 15 is 0 Å². The first-order valence-corrected chi connectivity index (χ1v) is 13.1. The minimum atomic E-state index is -0.110. The fourth-order valence-electron chi connectivity index (χ4n) is 4.58. The van der Waals surface area contributed by atoms with Crippen LogP contribution in [0.15, 0.2) is 58.8 Å². The van der Waals surface area contributed by atoms with Crippen molar-refractivity contribution in [1.82, 2.24) is 9.30 Å². The van der Waals surface area contributed by atoms with E-state index in [9.17, 15) is 9.59 Å². The van der Waals surface area contributed by atoms with Gasteiger partial charge in [-0.3, -0.25) is 14.0 Å². The van der Waals surface area contributed by atoms with E-state index in [0.717, 1.165) is 27.7 Å². The number of ether oxygens (including phenoxy) is 1. The van der Waals surface area contributed by atoms with Gasteiger partial charge in [-0.25, -0.2) is 0 Å². The van der Waals surface area contributed by atoms with Gasteiger partial charge < -0.3 is 9.64 Å². The molecule has 1 saturated carbocycles. The fourth-order valence-corrected chi connectivity index (χ4v) is 5.52. The van der Waals surface area contributed by atoms with Crippen molar-refractivity contribution in [3.8, 4) is 11.1 Å². The van der Waals surface area contributed by atoms with E-state index in [1.165, 1.54) is 18.4 Å². The smallest absolute Gasteiger partial charge is 0.263 e. The number of pyridine rings is 2. The maximum atomic E-state index is 13.7. The van der Waals surface area contributed by atoms with Crippen molar-refractivity contribution in [3.05, 3.63) is 75.5 Å². The highest BCUT2D eigenvalue weighted by molar-refractivity contribution is 7.18. The molecule has 1 aliphatic carbocycles. The lowest BCUT2D eigenvalue weighted by atomic mass is 9.86. The summed E-state index contributed by atoms with van der Waals surface area (Å²) in [4.78, 5) is 29.3. The number of rotatable bonds is 7. The minimum absolute atomic E-state index is 0.0360. The molecule has 0 bridgehead atoms. The number of benzene rings is 1. The minimum Gasteiger partial charge on any atom is -0.383 e. The molecule has 182 valence electrons. The Kier molecular flexibility index (Phi) is 6.28. The third kappa shape index (κ3) is 4.65. The van der Waals surface area contributed by atoms with Gasteiger partial charge >= 0.3 is 0 Å². The Hall–Kier alpha value is -2.96. The standard InChI is InChI=1S/C29H32N2O3S/c1-29(2,3)21-9-7-20(8-10-21)22-11-12-25-26-23(13-16-35-26)24(18-31(25)28(22)33)27(32)30(14-15-34-4)17-19-5-6-19/h7-13,16,18-19H,5-6,14-15,17H2,1-4H3. The molecule has 0 unspecified atom stereocenters. The van der Waals surface area contributed by atoms with Gasteiger partial charge in [-0.2, -0.15) is 0 Å². The van der Waals surface area contributed by atoms with Crippen LogP contribution in [0.5, 0.6) is 0 Å². The molecular weight excluding hydrogens is 456 g/mol. The van der Waals surface area contributed by atoms with Crippen molar-refractivity contribution >= 4 is 32.8 Å². The lowest BCUT2D eigenvalue weighted by Gasteiger charge is -2.23. The van der Waals surface area contributed by atoms with Crippen LogP contribution in [0.3, 0.4) is 0 Å². The predicted octanol–water partition coefficient (Wildman–Crippen LogP) is 5.98. The molecule has 0 atom stereocenters. The van der Waals surface area contributed by atoms with Gasteiger partial charge in [0.25, 0.3) is 11.5 Å². The first kappa shape index (κ1) is 23.8. The Morgan fingerprint density at radius 1 is 1.11 bits per heavy atom. The lowest BCUT2D eigenvalue weighted by Crippen LogP contribution is -2.36. The van der Waals surface area contributed by atoms with Gasteiger partial charge in [0.2, 0.25) is 0 Å². The summed E-state index contributed by atoms with van der Waals surface area (Å²) in [5.74, 6) is 0.533.